The molecule has 1 aliphatic rings. The number of aromatic nitrogens is 5. The minimum atomic E-state index is 0.389. The highest BCUT2D eigenvalue weighted by molar-refractivity contribution is 5.62. The smallest absolute Gasteiger partial charge is 0.147 e. The molecule has 4 aromatic rings. The first-order valence-corrected chi connectivity index (χ1v) is 10.5. The summed E-state index contributed by atoms with van der Waals surface area (Å²) in [4.78, 5) is 4.51. The van der Waals surface area contributed by atoms with Gasteiger partial charge in [0.15, 0.2) is 0 Å². The summed E-state index contributed by atoms with van der Waals surface area (Å²) in [6.45, 7) is 4.38. The third-order valence-corrected chi connectivity index (χ3v) is 5.62. The highest BCUT2D eigenvalue weighted by atomic mass is 15.4. The lowest BCUT2D eigenvalue weighted by molar-refractivity contribution is 0.358. The quantitative estimate of drug-likeness (QED) is 0.539. The summed E-state index contributed by atoms with van der Waals surface area (Å²) in [7, 11) is 0. The largest absolute Gasteiger partial charge is 0.308 e. The Morgan fingerprint density at radius 3 is 2.57 bits per heavy atom. The van der Waals surface area contributed by atoms with Crippen LogP contribution in [0.4, 0.5) is 0 Å². The maximum atomic E-state index is 4.93. The summed E-state index contributed by atoms with van der Waals surface area (Å²) in [5.74, 6) is 1.96. The second-order valence-corrected chi connectivity index (χ2v) is 7.93. The van der Waals surface area contributed by atoms with Gasteiger partial charge < -0.3 is 5.32 Å². The number of nitrogens with zero attached hydrogens (tertiary/aromatic N) is 5. The van der Waals surface area contributed by atoms with Crippen LogP contribution in [0.3, 0.4) is 0 Å². The molecule has 152 valence electrons. The summed E-state index contributed by atoms with van der Waals surface area (Å²) >= 11 is 0. The van der Waals surface area contributed by atoms with E-state index < -0.39 is 0 Å². The van der Waals surface area contributed by atoms with Gasteiger partial charge in [0.05, 0.1) is 18.8 Å². The Bertz CT molecular complexity index is 1110. The Balaban J connectivity index is 1.35. The van der Waals surface area contributed by atoms with Crippen molar-refractivity contribution in [1.82, 2.24) is 29.9 Å². The molecule has 5 rings (SSSR count). The first kappa shape index (κ1) is 18.8. The van der Waals surface area contributed by atoms with Crippen molar-refractivity contribution in [3.8, 4) is 11.3 Å². The number of fused-ring (bicyclic) bond motifs is 1. The number of nitrogens with one attached hydrogen (secondary N) is 1. The van der Waals surface area contributed by atoms with Crippen molar-refractivity contribution in [2.75, 3.05) is 0 Å². The summed E-state index contributed by atoms with van der Waals surface area (Å²) in [6, 6.07) is 21.3. The number of aryl methyl sites for hydroxylation is 2. The Kier molecular flexibility index (Phi) is 5.15. The number of hydrogen-bond donors (Lipinski definition) is 1. The predicted molar refractivity (Wildman–Crippen MR) is 117 cm³/mol. The highest BCUT2D eigenvalue weighted by Crippen LogP contribution is 2.23. The van der Waals surface area contributed by atoms with Gasteiger partial charge in [-0.2, -0.15) is 10.2 Å². The predicted octanol–water partition coefficient (Wildman–Crippen LogP) is 3.60. The third-order valence-electron chi connectivity index (χ3n) is 5.62. The minimum Gasteiger partial charge on any atom is -0.308 e. The molecule has 30 heavy (non-hydrogen) atoms. The van der Waals surface area contributed by atoms with Crippen LogP contribution >= 0.6 is 0 Å². The van der Waals surface area contributed by atoms with E-state index in [1.165, 1.54) is 11.1 Å². The molecule has 0 bridgehead atoms. The van der Waals surface area contributed by atoms with Crippen LogP contribution in [0.2, 0.25) is 0 Å². The van der Waals surface area contributed by atoms with Crippen molar-refractivity contribution >= 4 is 0 Å². The summed E-state index contributed by atoms with van der Waals surface area (Å²) in [6.07, 6.45) is 4.23. The van der Waals surface area contributed by atoms with Gasteiger partial charge in [0.2, 0.25) is 0 Å². The molecule has 1 unspecified atom stereocenters. The normalized spacial score (nSPS) is 15.8. The fourth-order valence-corrected chi connectivity index (χ4v) is 4.14. The zero-order valence-corrected chi connectivity index (χ0v) is 17.2. The lowest BCUT2D eigenvalue weighted by Crippen LogP contribution is -2.37. The minimum absolute atomic E-state index is 0.389. The molecular formula is C24H26N6. The van der Waals surface area contributed by atoms with Gasteiger partial charge in [-0.15, -0.1) is 0 Å². The van der Waals surface area contributed by atoms with Gasteiger partial charge in [0.25, 0.3) is 0 Å². The molecule has 2 aromatic carbocycles. The zero-order chi connectivity index (χ0) is 20.3. The van der Waals surface area contributed by atoms with E-state index >= 15 is 0 Å². The Morgan fingerprint density at radius 1 is 1.00 bits per heavy atom. The molecule has 0 fully saturated rings. The molecule has 1 atom stereocenters. The van der Waals surface area contributed by atoms with Gasteiger partial charge in [-0.1, -0.05) is 60.7 Å². The van der Waals surface area contributed by atoms with E-state index in [-0.39, 0.29) is 0 Å². The van der Waals surface area contributed by atoms with Crippen molar-refractivity contribution in [3.05, 3.63) is 89.6 Å². The average molecular weight is 399 g/mol. The SMILES string of the molecule is Cc1nc2n(n1)CC(NCc1cn(Cc3ccccc3)nc1-c1ccccc1)CC2. The molecule has 1 aliphatic heterocycles. The average Bonchev–Trinajstić information content (AvgIpc) is 3.35. The van der Waals surface area contributed by atoms with Crippen LogP contribution in [0.15, 0.2) is 66.9 Å². The maximum absolute atomic E-state index is 4.93. The van der Waals surface area contributed by atoms with E-state index in [4.69, 9.17) is 5.10 Å². The maximum Gasteiger partial charge on any atom is 0.147 e. The van der Waals surface area contributed by atoms with Crippen LogP contribution in [0.1, 0.15) is 29.2 Å². The van der Waals surface area contributed by atoms with Crippen molar-refractivity contribution in [2.45, 2.75) is 45.4 Å². The van der Waals surface area contributed by atoms with Crippen LogP contribution in [0.25, 0.3) is 11.3 Å². The van der Waals surface area contributed by atoms with Crippen molar-refractivity contribution in [1.29, 1.82) is 0 Å². The van der Waals surface area contributed by atoms with E-state index in [1.54, 1.807) is 0 Å². The molecular weight excluding hydrogens is 372 g/mol. The standard InChI is InChI=1S/C24H26N6/c1-18-26-23-13-12-22(17-30(23)27-18)25-14-21-16-29(15-19-8-4-2-5-9-19)28-24(21)20-10-6-3-7-11-20/h2-11,16,22,25H,12-15,17H2,1H3. The second-order valence-electron chi connectivity index (χ2n) is 7.93. The first-order valence-electron chi connectivity index (χ1n) is 10.5. The van der Waals surface area contributed by atoms with Crippen molar-refractivity contribution in [3.63, 3.8) is 0 Å². The molecule has 0 saturated carbocycles. The van der Waals surface area contributed by atoms with Crippen molar-refractivity contribution < 1.29 is 0 Å². The fourth-order valence-electron chi connectivity index (χ4n) is 4.14. The lowest BCUT2D eigenvalue weighted by Gasteiger charge is -2.23. The Morgan fingerprint density at radius 2 is 1.77 bits per heavy atom. The summed E-state index contributed by atoms with van der Waals surface area (Å²) < 4.78 is 4.10. The van der Waals surface area contributed by atoms with Gasteiger partial charge >= 0.3 is 0 Å². The van der Waals surface area contributed by atoms with Gasteiger partial charge in [-0.25, -0.2) is 9.67 Å². The molecule has 6 heteroatoms. The number of rotatable bonds is 6. The van der Waals surface area contributed by atoms with E-state index in [9.17, 15) is 0 Å². The molecule has 0 saturated heterocycles. The summed E-state index contributed by atoms with van der Waals surface area (Å²) in [5.41, 5.74) is 4.67. The molecule has 0 radical (unpaired) electrons. The highest BCUT2D eigenvalue weighted by Gasteiger charge is 2.21. The van der Waals surface area contributed by atoms with Crippen LogP contribution in [-0.2, 0) is 26.1 Å². The van der Waals surface area contributed by atoms with Crippen LogP contribution < -0.4 is 5.32 Å². The van der Waals surface area contributed by atoms with Gasteiger partial charge in [-0.3, -0.25) is 4.68 Å². The van der Waals surface area contributed by atoms with E-state index in [0.717, 1.165) is 55.4 Å². The van der Waals surface area contributed by atoms with Crippen LogP contribution in [0, 0.1) is 6.92 Å². The molecule has 6 nitrogen and oxygen atoms in total. The molecule has 0 aliphatic carbocycles. The molecule has 3 heterocycles. The van der Waals surface area contributed by atoms with E-state index in [1.807, 2.05) is 23.7 Å². The first-order chi connectivity index (χ1) is 14.7. The fraction of sp³-hybridized carbons (Fsp3) is 0.292. The molecule has 0 spiro atoms. The topological polar surface area (TPSA) is 60.6 Å². The van der Waals surface area contributed by atoms with Crippen LogP contribution in [0.5, 0.6) is 0 Å². The Labute approximate surface area is 176 Å². The van der Waals surface area contributed by atoms with E-state index in [2.05, 4.69) is 74.8 Å². The Hall–Kier alpha value is -3.25. The van der Waals surface area contributed by atoms with Gasteiger partial charge in [-0.05, 0) is 18.9 Å². The van der Waals surface area contributed by atoms with E-state index in [0.29, 0.717) is 6.04 Å². The zero-order valence-electron chi connectivity index (χ0n) is 17.2. The number of benzene rings is 2. The lowest BCUT2D eigenvalue weighted by atomic mass is 10.1. The third kappa shape index (κ3) is 4.04. The molecule has 1 N–H and O–H groups in total. The molecule has 2 aromatic heterocycles. The van der Waals surface area contributed by atoms with Gasteiger partial charge in [0.1, 0.15) is 11.6 Å². The van der Waals surface area contributed by atoms with Crippen LogP contribution in [-0.4, -0.2) is 30.6 Å². The van der Waals surface area contributed by atoms with Gasteiger partial charge in [0, 0.05) is 36.3 Å². The summed E-state index contributed by atoms with van der Waals surface area (Å²) in [5, 5.41) is 13.2. The molecule has 0 amide bonds. The van der Waals surface area contributed by atoms with Crippen molar-refractivity contribution in [2.24, 2.45) is 0 Å². The number of hydrogen-bond acceptors (Lipinski definition) is 4. The monoisotopic (exact) mass is 398 g/mol. The second kappa shape index (κ2) is 8.24.